The van der Waals surface area contributed by atoms with Crippen LogP contribution in [-0.2, 0) is 14.8 Å². The molecule has 1 aliphatic heterocycles. The van der Waals surface area contributed by atoms with Crippen molar-refractivity contribution in [3.8, 4) is 0 Å². The highest BCUT2D eigenvalue weighted by atomic mass is 35.5. The maximum atomic E-state index is 12.9. The maximum Gasteiger partial charge on any atom is 0.253 e. The van der Waals surface area contributed by atoms with Crippen LogP contribution in [0.5, 0.6) is 0 Å². The third-order valence-corrected chi connectivity index (χ3v) is 8.11. The Morgan fingerprint density at radius 3 is 2.31 bits per heavy atom. The number of carbonyl (C=O) groups excluding carboxylic acids is 2. The van der Waals surface area contributed by atoms with Gasteiger partial charge in [0.1, 0.15) is 4.90 Å². The fraction of sp³-hybridized carbons (Fsp3) is 0.600. The molecule has 1 saturated carbocycles. The zero-order valence-corrected chi connectivity index (χ0v) is 18.4. The van der Waals surface area contributed by atoms with Crippen LogP contribution in [0.15, 0.2) is 23.1 Å². The Kier molecular flexibility index (Phi) is 6.86. The highest BCUT2D eigenvalue weighted by Crippen LogP contribution is 2.28. The Hall–Kier alpha value is -1.64. The van der Waals surface area contributed by atoms with Crippen LogP contribution in [0, 0.1) is 5.92 Å². The lowest BCUT2D eigenvalue weighted by atomic mass is 9.95. The minimum Gasteiger partial charge on any atom is -0.353 e. The summed E-state index contributed by atoms with van der Waals surface area (Å²) in [4.78, 5) is 26.8. The molecular weight excluding hydrogens is 414 g/mol. The molecule has 0 aromatic heterocycles. The molecule has 1 saturated heterocycles. The fourth-order valence-electron chi connectivity index (χ4n) is 3.61. The van der Waals surface area contributed by atoms with E-state index < -0.39 is 10.0 Å². The summed E-state index contributed by atoms with van der Waals surface area (Å²) in [6.45, 7) is 5.11. The molecule has 0 bridgehead atoms. The number of benzene rings is 1. The second-order valence-corrected chi connectivity index (χ2v) is 9.90. The van der Waals surface area contributed by atoms with Crippen LogP contribution in [0.4, 0.5) is 0 Å². The molecule has 0 unspecified atom stereocenters. The van der Waals surface area contributed by atoms with Crippen molar-refractivity contribution >= 4 is 33.4 Å². The number of likely N-dealkylation sites (tertiary alicyclic amines) is 1. The van der Waals surface area contributed by atoms with Gasteiger partial charge in [0.05, 0.1) is 5.02 Å². The summed E-state index contributed by atoms with van der Waals surface area (Å²) in [5.41, 5.74) is 0.293. The molecule has 7 nitrogen and oxygen atoms in total. The highest BCUT2D eigenvalue weighted by Gasteiger charge is 2.32. The molecule has 3 rings (SSSR count). The summed E-state index contributed by atoms with van der Waals surface area (Å²) in [6.07, 6.45) is 3.34. The molecule has 2 amide bonds. The normalized spacial score (nSPS) is 18.1. The lowest BCUT2D eigenvalue weighted by Gasteiger charge is -2.31. The first kappa shape index (κ1) is 22.1. The number of rotatable bonds is 7. The largest absolute Gasteiger partial charge is 0.353 e. The van der Waals surface area contributed by atoms with Gasteiger partial charge in [-0.25, -0.2) is 8.42 Å². The average molecular weight is 442 g/mol. The Bertz CT molecular complexity index is 874. The number of hydrogen-bond donors (Lipinski definition) is 1. The zero-order valence-electron chi connectivity index (χ0n) is 16.9. The summed E-state index contributed by atoms with van der Waals surface area (Å²) >= 11 is 6.15. The predicted octanol–water partition coefficient (Wildman–Crippen LogP) is 2.50. The molecule has 29 heavy (non-hydrogen) atoms. The second-order valence-electron chi connectivity index (χ2n) is 7.58. The van der Waals surface area contributed by atoms with Gasteiger partial charge in [0.15, 0.2) is 0 Å². The number of sulfonamides is 1. The van der Waals surface area contributed by atoms with E-state index in [0.29, 0.717) is 50.6 Å². The van der Waals surface area contributed by atoms with Crippen LogP contribution in [0.2, 0.25) is 5.02 Å². The molecule has 1 aromatic carbocycles. The number of nitrogens with zero attached hydrogens (tertiary/aromatic N) is 2. The van der Waals surface area contributed by atoms with Gasteiger partial charge in [0.25, 0.3) is 5.91 Å². The number of halogens is 1. The minimum atomic E-state index is -3.77. The molecule has 9 heteroatoms. The van der Waals surface area contributed by atoms with Crippen LogP contribution < -0.4 is 5.32 Å². The van der Waals surface area contributed by atoms with Gasteiger partial charge in [0, 0.05) is 43.7 Å². The van der Waals surface area contributed by atoms with E-state index in [0.717, 1.165) is 12.8 Å². The first-order valence-electron chi connectivity index (χ1n) is 10.2. The van der Waals surface area contributed by atoms with Crippen molar-refractivity contribution in [1.82, 2.24) is 14.5 Å². The monoisotopic (exact) mass is 441 g/mol. The Balaban J connectivity index is 1.71. The summed E-state index contributed by atoms with van der Waals surface area (Å²) < 4.78 is 27.0. The predicted molar refractivity (Wildman–Crippen MR) is 111 cm³/mol. The van der Waals surface area contributed by atoms with Crippen molar-refractivity contribution in [3.63, 3.8) is 0 Å². The van der Waals surface area contributed by atoms with Crippen LogP contribution in [0.3, 0.4) is 0 Å². The van der Waals surface area contributed by atoms with Gasteiger partial charge in [-0.3, -0.25) is 9.59 Å². The summed E-state index contributed by atoms with van der Waals surface area (Å²) in [5.74, 6) is -0.221. The second kappa shape index (κ2) is 9.02. The number of amides is 2. The minimum absolute atomic E-state index is 0.0487. The Labute approximate surface area is 177 Å². The van der Waals surface area contributed by atoms with Crippen molar-refractivity contribution in [2.24, 2.45) is 5.92 Å². The molecule has 1 aromatic rings. The molecule has 0 atom stereocenters. The average Bonchev–Trinajstić information content (AvgIpc) is 3.52. The lowest BCUT2D eigenvalue weighted by molar-refractivity contribution is -0.126. The fourth-order valence-corrected chi connectivity index (χ4v) is 5.57. The summed E-state index contributed by atoms with van der Waals surface area (Å²) in [6, 6.07) is 4.71. The number of hydrogen-bond acceptors (Lipinski definition) is 4. The standard InChI is InChI=1S/C20H28ClN3O4S/c1-3-24(4-2)29(27,28)18-13-15(5-8-17(18)21)20(26)23-11-9-14(10-12-23)19(25)22-16-6-7-16/h5,8,13-14,16H,3-4,6-7,9-12H2,1-2H3,(H,22,25). The third kappa shape index (κ3) is 4.92. The van der Waals surface area contributed by atoms with Gasteiger partial charge in [-0.15, -0.1) is 0 Å². The molecule has 2 fully saturated rings. The number of nitrogens with one attached hydrogen (secondary N) is 1. The maximum absolute atomic E-state index is 12.9. The molecule has 2 aliphatic rings. The van der Waals surface area contributed by atoms with E-state index in [-0.39, 0.29) is 27.7 Å². The summed E-state index contributed by atoms with van der Waals surface area (Å²) in [7, 11) is -3.77. The van der Waals surface area contributed by atoms with Gasteiger partial charge < -0.3 is 10.2 Å². The first-order chi connectivity index (χ1) is 13.8. The van der Waals surface area contributed by atoms with Gasteiger partial charge in [-0.05, 0) is 43.9 Å². The van der Waals surface area contributed by atoms with Crippen molar-refractivity contribution in [1.29, 1.82) is 0 Å². The molecule has 1 heterocycles. The van der Waals surface area contributed by atoms with Crippen molar-refractivity contribution in [2.75, 3.05) is 26.2 Å². The van der Waals surface area contributed by atoms with Gasteiger partial charge >= 0.3 is 0 Å². The van der Waals surface area contributed by atoms with Crippen molar-refractivity contribution in [2.45, 2.75) is 50.5 Å². The van der Waals surface area contributed by atoms with Crippen molar-refractivity contribution < 1.29 is 18.0 Å². The Morgan fingerprint density at radius 2 is 1.76 bits per heavy atom. The summed E-state index contributed by atoms with van der Waals surface area (Å²) in [5, 5.41) is 3.12. The SMILES string of the molecule is CCN(CC)S(=O)(=O)c1cc(C(=O)N2CCC(C(=O)NC3CC3)CC2)ccc1Cl. The number of carbonyl (C=O) groups is 2. The molecule has 1 N–H and O–H groups in total. The molecule has 0 radical (unpaired) electrons. The highest BCUT2D eigenvalue weighted by molar-refractivity contribution is 7.89. The van der Waals surface area contributed by atoms with E-state index in [9.17, 15) is 18.0 Å². The molecule has 1 aliphatic carbocycles. The van der Waals surface area contributed by atoms with Gasteiger partial charge in [-0.2, -0.15) is 4.31 Å². The van der Waals surface area contributed by atoms with E-state index in [1.165, 1.54) is 16.4 Å². The topological polar surface area (TPSA) is 86.8 Å². The van der Waals surface area contributed by atoms with Crippen LogP contribution in [0.25, 0.3) is 0 Å². The quantitative estimate of drug-likeness (QED) is 0.704. The molecule has 160 valence electrons. The van der Waals surface area contributed by atoms with Gasteiger partial charge in [0.2, 0.25) is 15.9 Å². The molecule has 0 spiro atoms. The Morgan fingerprint density at radius 1 is 1.14 bits per heavy atom. The van der Waals surface area contributed by atoms with E-state index in [1.807, 2.05) is 0 Å². The zero-order chi connectivity index (χ0) is 21.2. The lowest BCUT2D eigenvalue weighted by Crippen LogP contribution is -2.43. The molecular formula is C20H28ClN3O4S. The van der Waals surface area contributed by atoms with Crippen molar-refractivity contribution in [3.05, 3.63) is 28.8 Å². The van der Waals surface area contributed by atoms with Gasteiger partial charge in [-0.1, -0.05) is 25.4 Å². The number of piperidine rings is 1. The van der Waals surface area contributed by atoms with Crippen LogP contribution in [0.1, 0.15) is 49.9 Å². The first-order valence-corrected chi connectivity index (χ1v) is 12.0. The van der Waals surface area contributed by atoms with Crippen LogP contribution in [-0.4, -0.2) is 61.7 Å². The third-order valence-electron chi connectivity index (χ3n) is 5.58. The van der Waals surface area contributed by atoms with E-state index in [2.05, 4.69) is 5.32 Å². The van der Waals surface area contributed by atoms with E-state index >= 15 is 0 Å². The smallest absolute Gasteiger partial charge is 0.253 e. The van der Waals surface area contributed by atoms with E-state index in [1.54, 1.807) is 24.8 Å². The van der Waals surface area contributed by atoms with Crippen LogP contribution >= 0.6 is 11.6 Å². The van der Waals surface area contributed by atoms with E-state index in [4.69, 9.17) is 11.6 Å².